The maximum atomic E-state index is 14.6. The third-order valence-corrected chi connectivity index (χ3v) is 7.64. The molecule has 0 spiro atoms. The number of fused-ring (bicyclic) bond motifs is 1. The number of allylic oxidation sites excluding steroid dienone is 6. The number of nitrogens with zero attached hydrogens (tertiary/aromatic N) is 2. The van der Waals surface area contributed by atoms with E-state index in [0.717, 1.165) is 63.5 Å². The highest BCUT2D eigenvalue weighted by Crippen LogP contribution is 2.31. The molecule has 0 aliphatic carbocycles. The van der Waals surface area contributed by atoms with Gasteiger partial charge in [0.15, 0.2) is 0 Å². The maximum absolute atomic E-state index is 14.6. The van der Waals surface area contributed by atoms with Gasteiger partial charge in [0.2, 0.25) is 0 Å². The summed E-state index contributed by atoms with van der Waals surface area (Å²) in [5.41, 5.74) is 6.69. The first-order chi connectivity index (χ1) is 19.5. The number of H-pyrrole nitrogens is 2. The molecule has 1 aromatic carbocycles. The van der Waals surface area contributed by atoms with Crippen LogP contribution in [0.2, 0.25) is 0 Å². The molecule has 0 amide bonds. The van der Waals surface area contributed by atoms with Crippen LogP contribution < -0.4 is 15.9 Å². The lowest BCUT2D eigenvalue weighted by Gasteiger charge is -2.23. The van der Waals surface area contributed by atoms with Gasteiger partial charge < -0.3 is 10.3 Å². The second kappa shape index (κ2) is 12.3. The Bertz CT molecular complexity index is 1730. The maximum Gasteiger partial charge on any atom is 0.132 e. The molecular formula is C34H36FN5. The number of halogens is 1. The molecule has 5 rings (SSSR count). The van der Waals surface area contributed by atoms with E-state index in [2.05, 4.69) is 56.9 Å². The van der Waals surface area contributed by atoms with Crippen molar-refractivity contribution in [2.75, 3.05) is 13.1 Å². The highest BCUT2D eigenvalue weighted by Gasteiger charge is 2.16. The van der Waals surface area contributed by atoms with Crippen LogP contribution in [-0.2, 0) is 0 Å². The monoisotopic (exact) mass is 533 g/mol. The molecule has 4 heterocycles. The number of benzene rings is 1. The van der Waals surface area contributed by atoms with Gasteiger partial charge >= 0.3 is 0 Å². The predicted molar refractivity (Wildman–Crippen MR) is 164 cm³/mol. The van der Waals surface area contributed by atoms with Crippen LogP contribution in [0.25, 0.3) is 45.7 Å². The zero-order valence-corrected chi connectivity index (χ0v) is 23.2. The summed E-state index contributed by atoms with van der Waals surface area (Å²) in [5.74, 6) is 0.373. The van der Waals surface area contributed by atoms with Crippen LogP contribution in [0.5, 0.6) is 0 Å². The SMILES string of the molecule is C=C/C(=C\C(=C/C)C(=C)/C=c1/c(-c2cc3c(-c4ccccc4F)nccc3[nH]2)n[nH]/c1=C/C)CC1CCNCC1. The number of pyridine rings is 1. The topological polar surface area (TPSA) is 69.4 Å². The van der Waals surface area contributed by atoms with Crippen LogP contribution in [0.4, 0.5) is 4.39 Å². The van der Waals surface area contributed by atoms with Gasteiger partial charge in [0.25, 0.3) is 0 Å². The van der Waals surface area contributed by atoms with Crippen LogP contribution in [-0.4, -0.2) is 33.3 Å². The summed E-state index contributed by atoms with van der Waals surface area (Å²) in [5, 5.41) is 13.9. The number of rotatable bonds is 8. The lowest BCUT2D eigenvalue weighted by Crippen LogP contribution is -2.27. The zero-order valence-electron chi connectivity index (χ0n) is 23.2. The Morgan fingerprint density at radius 1 is 1.12 bits per heavy atom. The fraction of sp³-hybridized carbons (Fsp3) is 0.235. The normalized spacial score (nSPS) is 16.2. The average Bonchev–Trinajstić information content (AvgIpc) is 3.59. The zero-order chi connectivity index (χ0) is 28.1. The van der Waals surface area contributed by atoms with E-state index >= 15 is 0 Å². The Kier molecular flexibility index (Phi) is 8.37. The van der Waals surface area contributed by atoms with Crippen molar-refractivity contribution in [3.63, 3.8) is 0 Å². The van der Waals surface area contributed by atoms with Crippen molar-refractivity contribution in [1.82, 2.24) is 25.5 Å². The van der Waals surface area contributed by atoms with Gasteiger partial charge in [-0.25, -0.2) is 4.39 Å². The van der Waals surface area contributed by atoms with Gasteiger partial charge in [-0.3, -0.25) is 10.1 Å². The Morgan fingerprint density at radius 3 is 2.65 bits per heavy atom. The summed E-state index contributed by atoms with van der Waals surface area (Å²) in [6.45, 7) is 14.7. The molecule has 1 aliphatic heterocycles. The third-order valence-electron chi connectivity index (χ3n) is 7.64. The predicted octanol–water partition coefficient (Wildman–Crippen LogP) is 6.34. The lowest BCUT2D eigenvalue weighted by molar-refractivity contribution is 0.374. The molecule has 5 nitrogen and oxygen atoms in total. The molecule has 4 aromatic rings. The molecular weight excluding hydrogens is 497 g/mol. The Morgan fingerprint density at radius 2 is 1.93 bits per heavy atom. The van der Waals surface area contributed by atoms with Gasteiger partial charge in [-0.15, -0.1) is 0 Å². The van der Waals surface area contributed by atoms with Crippen molar-refractivity contribution in [2.24, 2.45) is 5.92 Å². The van der Waals surface area contributed by atoms with Gasteiger partial charge in [-0.1, -0.05) is 49.6 Å². The first-order valence-corrected chi connectivity index (χ1v) is 13.9. The number of hydrogen-bond acceptors (Lipinski definition) is 3. The summed E-state index contributed by atoms with van der Waals surface area (Å²) in [4.78, 5) is 7.98. The van der Waals surface area contributed by atoms with Gasteiger partial charge in [-0.05, 0) is 99.2 Å². The van der Waals surface area contributed by atoms with Gasteiger partial charge in [-0.2, -0.15) is 5.10 Å². The lowest BCUT2D eigenvalue weighted by atomic mass is 9.89. The first-order valence-electron chi connectivity index (χ1n) is 13.9. The van der Waals surface area contributed by atoms with Crippen molar-refractivity contribution < 1.29 is 4.39 Å². The van der Waals surface area contributed by atoms with E-state index in [1.807, 2.05) is 44.2 Å². The van der Waals surface area contributed by atoms with E-state index in [1.54, 1.807) is 18.3 Å². The molecule has 204 valence electrons. The molecule has 3 aromatic heterocycles. The Balaban J connectivity index is 1.53. The van der Waals surface area contributed by atoms with E-state index in [9.17, 15) is 4.39 Å². The molecule has 0 unspecified atom stereocenters. The van der Waals surface area contributed by atoms with Crippen LogP contribution in [0.15, 0.2) is 90.7 Å². The Hall–Kier alpha value is -4.29. The van der Waals surface area contributed by atoms with Gasteiger partial charge in [0, 0.05) is 27.9 Å². The number of nitrogens with one attached hydrogen (secondary N) is 3. The van der Waals surface area contributed by atoms with Gasteiger partial charge in [0.1, 0.15) is 11.5 Å². The van der Waals surface area contributed by atoms with Crippen molar-refractivity contribution >= 4 is 23.1 Å². The summed E-state index contributed by atoms with van der Waals surface area (Å²) < 4.78 is 14.6. The molecule has 1 saturated heterocycles. The summed E-state index contributed by atoms with van der Waals surface area (Å²) in [7, 11) is 0. The van der Waals surface area contributed by atoms with E-state index < -0.39 is 0 Å². The summed E-state index contributed by atoms with van der Waals surface area (Å²) in [6, 6.07) is 10.6. The summed E-state index contributed by atoms with van der Waals surface area (Å²) in [6.07, 6.45) is 15.4. The van der Waals surface area contributed by atoms with Crippen LogP contribution in [0.3, 0.4) is 0 Å². The minimum atomic E-state index is -0.302. The molecule has 1 aliphatic rings. The second-order valence-corrected chi connectivity index (χ2v) is 10.2. The molecule has 3 N–H and O–H groups in total. The molecule has 0 saturated carbocycles. The van der Waals surface area contributed by atoms with E-state index in [1.165, 1.54) is 24.5 Å². The minimum absolute atomic E-state index is 0.302. The molecule has 6 heteroatoms. The first kappa shape index (κ1) is 27.3. The molecule has 0 bridgehead atoms. The van der Waals surface area contributed by atoms with Crippen molar-refractivity contribution in [2.45, 2.75) is 33.1 Å². The highest BCUT2D eigenvalue weighted by atomic mass is 19.1. The molecule has 0 radical (unpaired) electrons. The number of hydrogen-bond donors (Lipinski definition) is 3. The Labute approximate surface area is 234 Å². The smallest absolute Gasteiger partial charge is 0.132 e. The molecule has 1 fully saturated rings. The number of aromatic nitrogens is 4. The second-order valence-electron chi connectivity index (χ2n) is 10.2. The van der Waals surface area contributed by atoms with Crippen molar-refractivity contribution in [3.05, 3.63) is 107 Å². The third kappa shape index (κ3) is 5.68. The van der Waals surface area contributed by atoms with Crippen LogP contribution in [0.1, 0.15) is 33.1 Å². The number of piperidine rings is 1. The van der Waals surface area contributed by atoms with E-state index in [4.69, 9.17) is 0 Å². The number of aromatic amines is 2. The standard InChI is InChI=1S/C34H36FN5/c1-5-23(19-24-12-15-36-16-13-24)20-25(6-2)22(4)18-27-30(7-3)39-40-34(27)32-21-28-31(38-32)14-17-37-33(28)26-10-8-9-11-29(26)35/h5-11,14,17-18,20-21,24,36,38-39H,1,4,12-13,15-16,19H2,2-3H3/b23-20+,25-6+,27-18+,30-7+. The van der Waals surface area contributed by atoms with Crippen LogP contribution in [0, 0.1) is 11.7 Å². The van der Waals surface area contributed by atoms with Gasteiger partial charge in [0.05, 0.1) is 16.7 Å². The van der Waals surface area contributed by atoms with Crippen LogP contribution >= 0.6 is 0 Å². The van der Waals surface area contributed by atoms with E-state index in [0.29, 0.717) is 17.2 Å². The summed E-state index contributed by atoms with van der Waals surface area (Å²) >= 11 is 0. The molecule has 40 heavy (non-hydrogen) atoms. The average molecular weight is 534 g/mol. The van der Waals surface area contributed by atoms with Crippen molar-refractivity contribution in [3.8, 4) is 22.6 Å². The molecule has 0 atom stereocenters. The largest absolute Gasteiger partial charge is 0.353 e. The quantitative estimate of drug-likeness (QED) is 0.231. The fourth-order valence-corrected chi connectivity index (χ4v) is 5.42. The fourth-order valence-electron chi connectivity index (χ4n) is 5.42. The minimum Gasteiger partial charge on any atom is -0.353 e. The van der Waals surface area contributed by atoms with Crippen molar-refractivity contribution in [1.29, 1.82) is 0 Å². The highest BCUT2D eigenvalue weighted by molar-refractivity contribution is 5.96. The van der Waals surface area contributed by atoms with E-state index in [-0.39, 0.29) is 5.82 Å².